The molecule has 1 N–H and O–H groups in total. The van der Waals surface area contributed by atoms with Gasteiger partial charge in [-0.25, -0.2) is 0 Å². The number of benzene rings is 1. The number of aryl methyl sites for hydroxylation is 2. The number of Topliss-reactive ketones (excluding diaryl/α,β-unsaturated/α-hetero) is 1. The van der Waals surface area contributed by atoms with Gasteiger partial charge in [-0.2, -0.15) is 0 Å². The predicted octanol–water partition coefficient (Wildman–Crippen LogP) is 4.24. The fraction of sp³-hybridized carbons (Fsp3) is 0.520. The van der Waals surface area contributed by atoms with E-state index in [0.29, 0.717) is 18.6 Å². The summed E-state index contributed by atoms with van der Waals surface area (Å²) < 4.78 is 10.8. The molecule has 0 radical (unpaired) electrons. The zero-order valence-corrected chi connectivity index (χ0v) is 18.7. The fourth-order valence-electron chi connectivity index (χ4n) is 5.04. The van der Waals surface area contributed by atoms with Crippen LogP contribution in [-0.4, -0.2) is 28.4 Å². The number of amides is 1. The molecule has 1 aliphatic heterocycles. The molecule has 2 aliphatic rings. The van der Waals surface area contributed by atoms with Crippen molar-refractivity contribution in [3.63, 3.8) is 0 Å². The highest BCUT2D eigenvalue weighted by Gasteiger charge is 2.47. The first-order valence-electron chi connectivity index (χ1n) is 11.4. The summed E-state index contributed by atoms with van der Waals surface area (Å²) in [5.41, 5.74) is 1.70. The zero-order chi connectivity index (χ0) is 22.7. The van der Waals surface area contributed by atoms with Gasteiger partial charge in [0.05, 0.1) is 6.04 Å². The molecule has 1 saturated carbocycles. The monoisotopic (exact) mass is 438 g/mol. The van der Waals surface area contributed by atoms with Gasteiger partial charge in [0.1, 0.15) is 23.6 Å². The molecule has 1 aromatic heterocycles. The zero-order valence-electron chi connectivity index (χ0n) is 18.7. The molecular formula is C25H30N2O5. The van der Waals surface area contributed by atoms with Gasteiger partial charge in [0.2, 0.25) is 0 Å². The van der Waals surface area contributed by atoms with Crippen LogP contribution in [0.5, 0.6) is 0 Å². The number of hydrogen-bond acceptors (Lipinski definition) is 6. The van der Waals surface area contributed by atoms with Crippen LogP contribution in [0.25, 0.3) is 0 Å². The van der Waals surface area contributed by atoms with Gasteiger partial charge in [-0.1, -0.05) is 42.3 Å². The molecule has 1 saturated heterocycles. The lowest BCUT2D eigenvalue weighted by Crippen LogP contribution is -2.48. The first-order chi connectivity index (χ1) is 15.3. The molecule has 4 rings (SSSR count). The van der Waals surface area contributed by atoms with E-state index in [1.807, 2.05) is 31.2 Å². The summed E-state index contributed by atoms with van der Waals surface area (Å²) in [5.74, 6) is 0.199. The van der Waals surface area contributed by atoms with Crippen LogP contribution in [0.3, 0.4) is 0 Å². The molecule has 1 aromatic carbocycles. The third-order valence-corrected chi connectivity index (χ3v) is 6.78. The molecule has 7 heteroatoms. The largest absolute Gasteiger partial charge is 0.458 e. The molecule has 1 aliphatic carbocycles. The molecule has 7 nitrogen and oxygen atoms in total. The van der Waals surface area contributed by atoms with Crippen molar-refractivity contribution < 1.29 is 23.6 Å². The first-order valence-corrected chi connectivity index (χ1v) is 11.4. The van der Waals surface area contributed by atoms with Gasteiger partial charge in [0.15, 0.2) is 5.69 Å². The van der Waals surface area contributed by atoms with Crippen LogP contribution < -0.4 is 5.32 Å². The van der Waals surface area contributed by atoms with Crippen molar-refractivity contribution in [3.05, 3.63) is 52.9 Å². The minimum Gasteiger partial charge on any atom is -0.458 e. The van der Waals surface area contributed by atoms with Gasteiger partial charge < -0.3 is 14.6 Å². The quantitative estimate of drug-likeness (QED) is 0.513. The van der Waals surface area contributed by atoms with E-state index in [-0.39, 0.29) is 41.7 Å². The fourth-order valence-corrected chi connectivity index (χ4v) is 5.04. The van der Waals surface area contributed by atoms with Crippen LogP contribution in [0.15, 0.2) is 34.9 Å². The van der Waals surface area contributed by atoms with Crippen molar-refractivity contribution in [2.24, 2.45) is 5.92 Å². The number of rotatable bonds is 7. The molecule has 1 amide bonds. The van der Waals surface area contributed by atoms with Crippen LogP contribution in [0.1, 0.15) is 85.3 Å². The number of aromatic nitrogens is 1. The first kappa shape index (κ1) is 22.2. The third kappa shape index (κ3) is 4.92. The standard InChI is InChI=1S/C25H30N2O5/c1-16-13-22(27-32-16)24(30)26-17(2)19-9-7-18(8-10-19)11-12-25(20-5-3-4-6-20)15-21(28)14-23(29)31-25/h7-10,13,17,20H,3-6,11-12,14-15H2,1-2H3,(H,26,30). The van der Waals surface area contributed by atoms with Gasteiger partial charge >= 0.3 is 5.97 Å². The summed E-state index contributed by atoms with van der Waals surface area (Å²) in [7, 11) is 0. The van der Waals surface area contributed by atoms with E-state index in [0.717, 1.165) is 43.2 Å². The summed E-state index contributed by atoms with van der Waals surface area (Å²) in [4.78, 5) is 36.6. The molecule has 0 bridgehead atoms. The number of ketones is 1. The molecule has 2 unspecified atom stereocenters. The van der Waals surface area contributed by atoms with E-state index in [2.05, 4.69) is 10.5 Å². The minimum atomic E-state index is -0.654. The molecular weight excluding hydrogens is 408 g/mol. The van der Waals surface area contributed by atoms with Crippen molar-refractivity contribution in [2.45, 2.75) is 76.9 Å². The molecule has 2 fully saturated rings. The SMILES string of the molecule is Cc1cc(C(=O)NC(C)c2ccc(CCC3(C4CCCC4)CC(=O)CC(=O)O3)cc2)no1. The Balaban J connectivity index is 1.39. The smallest absolute Gasteiger partial charge is 0.313 e. The maximum atomic E-state index is 12.3. The van der Waals surface area contributed by atoms with Crippen molar-refractivity contribution >= 4 is 17.7 Å². The lowest BCUT2D eigenvalue weighted by Gasteiger charge is -2.41. The third-order valence-electron chi connectivity index (χ3n) is 6.78. The lowest BCUT2D eigenvalue weighted by atomic mass is 9.76. The summed E-state index contributed by atoms with van der Waals surface area (Å²) in [6, 6.07) is 9.48. The Bertz CT molecular complexity index is 972. The maximum absolute atomic E-state index is 12.3. The predicted molar refractivity (Wildman–Crippen MR) is 117 cm³/mol. The van der Waals surface area contributed by atoms with E-state index in [9.17, 15) is 14.4 Å². The van der Waals surface area contributed by atoms with Gasteiger partial charge in [-0.3, -0.25) is 14.4 Å². The van der Waals surface area contributed by atoms with Gasteiger partial charge in [0.25, 0.3) is 5.91 Å². The summed E-state index contributed by atoms with van der Waals surface area (Å²) >= 11 is 0. The van der Waals surface area contributed by atoms with Gasteiger partial charge in [-0.05, 0) is 56.6 Å². The van der Waals surface area contributed by atoms with Crippen LogP contribution in [0.2, 0.25) is 0 Å². The van der Waals surface area contributed by atoms with Crippen LogP contribution in [0, 0.1) is 12.8 Å². The Hall–Kier alpha value is -2.96. The Morgan fingerprint density at radius 2 is 1.94 bits per heavy atom. The number of carbonyl (C=O) groups is 3. The highest BCUT2D eigenvalue weighted by Crippen LogP contribution is 2.43. The Morgan fingerprint density at radius 3 is 2.56 bits per heavy atom. The second-order valence-corrected chi connectivity index (χ2v) is 9.17. The minimum absolute atomic E-state index is 0.00429. The van der Waals surface area contributed by atoms with Gasteiger partial charge in [0, 0.05) is 12.5 Å². The normalized spacial score (nSPS) is 22.6. The highest BCUT2D eigenvalue weighted by molar-refractivity contribution is 5.98. The molecule has 170 valence electrons. The number of ether oxygens (including phenoxy) is 1. The number of esters is 1. The van der Waals surface area contributed by atoms with Crippen molar-refractivity contribution in [3.8, 4) is 0 Å². The van der Waals surface area contributed by atoms with E-state index < -0.39 is 5.60 Å². The van der Waals surface area contributed by atoms with E-state index in [1.54, 1.807) is 13.0 Å². The van der Waals surface area contributed by atoms with Crippen LogP contribution in [-0.2, 0) is 20.7 Å². The molecule has 0 spiro atoms. The average Bonchev–Trinajstić information content (AvgIpc) is 3.44. The number of nitrogens with zero attached hydrogens (tertiary/aromatic N) is 1. The highest BCUT2D eigenvalue weighted by atomic mass is 16.6. The number of cyclic esters (lactones) is 1. The topological polar surface area (TPSA) is 98.5 Å². The second kappa shape index (κ2) is 9.27. The molecule has 2 heterocycles. The van der Waals surface area contributed by atoms with Gasteiger partial charge in [-0.15, -0.1) is 0 Å². The Kier molecular flexibility index (Phi) is 6.44. The van der Waals surface area contributed by atoms with Crippen molar-refractivity contribution in [1.82, 2.24) is 10.5 Å². The lowest BCUT2D eigenvalue weighted by molar-refractivity contribution is -0.178. The van der Waals surface area contributed by atoms with E-state index >= 15 is 0 Å². The number of hydrogen-bond donors (Lipinski definition) is 1. The van der Waals surface area contributed by atoms with E-state index in [1.165, 1.54) is 0 Å². The van der Waals surface area contributed by atoms with Crippen molar-refractivity contribution in [1.29, 1.82) is 0 Å². The maximum Gasteiger partial charge on any atom is 0.313 e. The van der Waals surface area contributed by atoms with Crippen molar-refractivity contribution in [2.75, 3.05) is 0 Å². The molecule has 2 aromatic rings. The average molecular weight is 439 g/mol. The Labute approximate surface area is 187 Å². The second-order valence-electron chi connectivity index (χ2n) is 9.17. The molecule has 32 heavy (non-hydrogen) atoms. The summed E-state index contributed by atoms with van der Waals surface area (Å²) in [5, 5.41) is 6.67. The number of carbonyl (C=O) groups excluding carboxylic acids is 3. The Morgan fingerprint density at radius 1 is 1.22 bits per heavy atom. The van der Waals surface area contributed by atoms with Crippen LogP contribution in [0.4, 0.5) is 0 Å². The van der Waals surface area contributed by atoms with E-state index in [4.69, 9.17) is 9.26 Å². The molecule has 2 atom stereocenters. The summed E-state index contributed by atoms with van der Waals surface area (Å²) in [6.45, 7) is 3.66. The number of nitrogens with one attached hydrogen (secondary N) is 1. The summed E-state index contributed by atoms with van der Waals surface area (Å²) in [6.07, 6.45) is 5.92. The van der Waals surface area contributed by atoms with Crippen LogP contribution >= 0.6 is 0 Å².